The summed E-state index contributed by atoms with van der Waals surface area (Å²) in [6, 6.07) is 0.507. The second-order valence-corrected chi connectivity index (χ2v) is 8.21. The van der Waals surface area contributed by atoms with E-state index in [9.17, 15) is 5.11 Å². The van der Waals surface area contributed by atoms with Crippen LogP contribution in [-0.4, -0.2) is 35.1 Å². The molecule has 0 atom stereocenters. The Kier molecular flexibility index (Phi) is 13.7. The predicted octanol–water partition coefficient (Wildman–Crippen LogP) is 4.23. The number of aliphatic hydroxyl groups is 2. The van der Waals surface area contributed by atoms with E-state index in [1.54, 1.807) is 0 Å². The lowest BCUT2D eigenvalue weighted by Crippen LogP contribution is -2.48. The van der Waals surface area contributed by atoms with Gasteiger partial charge in [-0.05, 0) is 25.7 Å². The molecule has 25 heavy (non-hydrogen) atoms. The molecule has 2 saturated carbocycles. The van der Waals surface area contributed by atoms with Gasteiger partial charge in [0.1, 0.15) is 0 Å². The van der Waals surface area contributed by atoms with Crippen molar-refractivity contribution in [2.24, 2.45) is 5.73 Å². The highest BCUT2D eigenvalue weighted by Crippen LogP contribution is 2.25. The Morgan fingerprint density at radius 2 is 1.08 bits per heavy atom. The topological polar surface area (TPSA) is 78.5 Å². The van der Waals surface area contributed by atoms with Crippen LogP contribution in [0.2, 0.25) is 0 Å². The van der Waals surface area contributed by atoms with Crippen LogP contribution in [0.25, 0.3) is 0 Å². The molecule has 0 heterocycles. The first-order valence-electron chi connectivity index (χ1n) is 10.9. The van der Waals surface area contributed by atoms with E-state index < -0.39 is 0 Å². The van der Waals surface area contributed by atoms with Crippen LogP contribution in [0.5, 0.6) is 0 Å². The first-order chi connectivity index (χ1) is 12.2. The van der Waals surface area contributed by atoms with Gasteiger partial charge >= 0.3 is 0 Å². The monoisotopic (exact) mass is 356 g/mol. The Morgan fingerprint density at radius 3 is 1.48 bits per heavy atom. The Balaban J connectivity index is 0.000000257. The maximum atomic E-state index is 9.41. The van der Waals surface area contributed by atoms with Crippen molar-refractivity contribution in [3.05, 3.63) is 0 Å². The molecule has 0 unspecified atom stereocenters. The lowest BCUT2D eigenvalue weighted by molar-refractivity contribution is 0.102. The third kappa shape index (κ3) is 11.2. The molecule has 0 aliphatic heterocycles. The fourth-order valence-corrected chi connectivity index (χ4v) is 4.16. The van der Waals surface area contributed by atoms with E-state index in [1.807, 2.05) is 0 Å². The smallest absolute Gasteiger partial charge is 0.0936 e. The highest BCUT2D eigenvalue weighted by atomic mass is 16.3. The van der Waals surface area contributed by atoms with E-state index in [-0.39, 0.29) is 18.9 Å². The van der Waals surface area contributed by atoms with Gasteiger partial charge in [-0.25, -0.2) is 0 Å². The number of nitrogens with one attached hydrogen (secondary N) is 1. The van der Waals surface area contributed by atoms with Crippen molar-refractivity contribution >= 4 is 0 Å². The molecule has 5 N–H and O–H groups in total. The van der Waals surface area contributed by atoms with Crippen LogP contribution in [0.4, 0.5) is 0 Å². The van der Waals surface area contributed by atoms with Gasteiger partial charge in [0.15, 0.2) is 0 Å². The van der Waals surface area contributed by atoms with Crippen LogP contribution in [-0.2, 0) is 0 Å². The van der Waals surface area contributed by atoms with Gasteiger partial charge in [0.2, 0.25) is 0 Å². The predicted molar refractivity (Wildman–Crippen MR) is 107 cm³/mol. The Morgan fingerprint density at radius 1 is 0.680 bits per heavy atom. The van der Waals surface area contributed by atoms with Gasteiger partial charge in [-0.3, -0.25) is 5.32 Å². The van der Waals surface area contributed by atoms with Crippen LogP contribution in [0.1, 0.15) is 109 Å². The average Bonchev–Trinajstić information content (AvgIpc) is 2.74. The normalized spacial score (nSPS) is 24.1. The molecule has 0 bridgehead atoms. The zero-order valence-corrected chi connectivity index (χ0v) is 16.5. The van der Waals surface area contributed by atoms with Gasteiger partial charge < -0.3 is 15.9 Å². The second-order valence-electron chi connectivity index (χ2n) is 8.21. The summed E-state index contributed by atoms with van der Waals surface area (Å²) >= 11 is 0. The second kappa shape index (κ2) is 15.0. The van der Waals surface area contributed by atoms with Gasteiger partial charge in [-0.2, -0.15) is 0 Å². The van der Waals surface area contributed by atoms with Gasteiger partial charge in [-0.1, -0.05) is 83.5 Å². The molecule has 0 spiro atoms. The van der Waals surface area contributed by atoms with Gasteiger partial charge in [0.25, 0.3) is 0 Å². The quantitative estimate of drug-likeness (QED) is 0.571. The molecule has 2 aliphatic carbocycles. The highest BCUT2D eigenvalue weighted by Gasteiger charge is 2.27. The molecule has 2 rings (SSSR count). The zero-order valence-electron chi connectivity index (χ0n) is 16.5. The molecule has 0 radical (unpaired) electrons. The highest BCUT2D eigenvalue weighted by molar-refractivity contribution is 4.87. The van der Waals surface area contributed by atoms with E-state index in [1.165, 1.54) is 83.5 Å². The minimum atomic E-state index is -0.209. The largest absolute Gasteiger partial charge is 0.394 e. The molecule has 4 nitrogen and oxygen atoms in total. The molecule has 0 aromatic heterocycles. The summed E-state index contributed by atoms with van der Waals surface area (Å²) in [6.45, 7) is 0.119. The van der Waals surface area contributed by atoms with E-state index in [0.29, 0.717) is 6.04 Å². The Labute approximate surface area is 156 Å². The molecular weight excluding hydrogens is 312 g/mol. The van der Waals surface area contributed by atoms with Crippen molar-refractivity contribution in [1.82, 2.24) is 5.32 Å². The van der Waals surface area contributed by atoms with Gasteiger partial charge in [-0.15, -0.1) is 0 Å². The minimum Gasteiger partial charge on any atom is -0.394 e. The minimum absolute atomic E-state index is 0.0272. The molecule has 0 aromatic carbocycles. The number of aliphatic hydroxyl groups excluding tert-OH is 2. The first kappa shape index (κ1) is 22.9. The van der Waals surface area contributed by atoms with Crippen molar-refractivity contribution in [3.8, 4) is 0 Å². The zero-order chi connectivity index (χ0) is 18.2. The number of rotatable bonds is 3. The van der Waals surface area contributed by atoms with Crippen molar-refractivity contribution < 1.29 is 10.2 Å². The lowest BCUT2D eigenvalue weighted by atomic mass is 9.89. The van der Waals surface area contributed by atoms with Gasteiger partial charge in [0, 0.05) is 11.6 Å². The number of nitrogens with two attached hydrogens (primary N) is 1. The summed E-state index contributed by atoms with van der Waals surface area (Å²) in [5, 5.41) is 21.4. The summed E-state index contributed by atoms with van der Waals surface area (Å²) in [5.41, 5.74) is 5.72. The Bertz CT molecular complexity index is 280. The maximum Gasteiger partial charge on any atom is 0.0936 e. The molecule has 2 aliphatic rings. The lowest BCUT2D eigenvalue weighted by Gasteiger charge is -2.32. The summed E-state index contributed by atoms with van der Waals surface area (Å²) in [7, 11) is 0. The van der Waals surface area contributed by atoms with E-state index >= 15 is 0 Å². The standard InChI is InChI=1S/C11H23NO2.C10H21N/c13-9-11(12-10-14)7-5-3-1-2-4-6-8-11;11-10-8-6-4-2-1-3-5-7-9-10/h12-14H,1-10H2;10H,1-9,11H2. The summed E-state index contributed by atoms with van der Waals surface area (Å²) in [5.74, 6) is 0. The van der Waals surface area contributed by atoms with Crippen molar-refractivity contribution in [2.75, 3.05) is 13.3 Å². The SMILES string of the molecule is NC1CCCCCCCCC1.OCNC1(CO)CCCCCCCC1. The third-order valence-corrected chi connectivity index (χ3v) is 5.97. The first-order valence-corrected chi connectivity index (χ1v) is 10.9. The Hall–Kier alpha value is -0.160. The van der Waals surface area contributed by atoms with Gasteiger partial charge in [0.05, 0.1) is 13.3 Å². The maximum absolute atomic E-state index is 9.41. The molecule has 4 heteroatoms. The molecule has 0 amide bonds. The van der Waals surface area contributed by atoms with E-state index in [0.717, 1.165) is 25.7 Å². The summed E-state index contributed by atoms with van der Waals surface area (Å²) in [4.78, 5) is 0. The fourth-order valence-electron chi connectivity index (χ4n) is 4.16. The van der Waals surface area contributed by atoms with Crippen LogP contribution >= 0.6 is 0 Å². The van der Waals surface area contributed by atoms with Crippen molar-refractivity contribution in [3.63, 3.8) is 0 Å². The molecule has 150 valence electrons. The molecule has 0 saturated heterocycles. The molecule has 0 aromatic rings. The third-order valence-electron chi connectivity index (χ3n) is 5.97. The van der Waals surface area contributed by atoms with E-state index in [2.05, 4.69) is 5.32 Å². The van der Waals surface area contributed by atoms with Crippen molar-refractivity contribution in [1.29, 1.82) is 0 Å². The van der Waals surface area contributed by atoms with E-state index in [4.69, 9.17) is 10.8 Å². The fraction of sp³-hybridized carbons (Fsp3) is 1.00. The average molecular weight is 357 g/mol. The van der Waals surface area contributed by atoms with Crippen LogP contribution in [0.3, 0.4) is 0 Å². The van der Waals surface area contributed by atoms with Crippen LogP contribution in [0, 0.1) is 0 Å². The molecule has 2 fully saturated rings. The summed E-state index contributed by atoms with van der Waals surface area (Å²) in [6.07, 6.45) is 21.9. The number of hydrogen-bond donors (Lipinski definition) is 4. The summed E-state index contributed by atoms with van der Waals surface area (Å²) < 4.78 is 0. The van der Waals surface area contributed by atoms with Crippen molar-refractivity contribution in [2.45, 2.75) is 121 Å². The molecular formula is C21H44N2O2. The number of hydrogen-bond acceptors (Lipinski definition) is 4. The van der Waals surface area contributed by atoms with Crippen LogP contribution < -0.4 is 11.1 Å². The van der Waals surface area contributed by atoms with Crippen LogP contribution in [0.15, 0.2) is 0 Å².